The molecule has 1 saturated heterocycles. The van der Waals surface area contributed by atoms with Crippen molar-refractivity contribution >= 4 is 11.6 Å². The molecule has 9 heteroatoms. The zero-order valence-electron chi connectivity index (χ0n) is 16.5. The quantitative estimate of drug-likeness (QED) is 0.637. The molecule has 0 aromatic carbocycles. The first-order chi connectivity index (χ1) is 14.5. The van der Waals surface area contributed by atoms with Gasteiger partial charge >= 0.3 is 0 Å². The van der Waals surface area contributed by atoms with Crippen molar-refractivity contribution in [2.45, 2.75) is 26.2 Å². The van der Waals surface area contributed by atoms with Gasteiger partial charge in [-0.25, -0.2) is 18.7 Å². The number of alkyl halides is 2. The van der Waals surface area contributed by atoms with Crippen LogP contribution in [0.5, 0.6) is 5.75 Å². The molecule has 3 aromatic rings. The monoisotopic (exact) mass is 416 g/mol. The van der Waals surface area contributed by atoms with Gasteiger partial charge in [-0.1, -0.05) is 6.07 Å². The van der Waals surface area contributed by atoms with Crippen molar-refractivity contribution in [3.63, 3.8) is 0 Å². The number of pyridine rings is 2. The number of ether oxygens (including phenoxy) is 2. The molecule has 158 valence electrons. The number of amides is 1. The lowest BCUT2D eigenvalue weighted by Crippen LogP contribution is -2.14. The second kappa shape index (κ2) is 8.35. The molecule has 4 rings (SSSR count). The largest absolute Gasteiger partial charge is 0.493 e. The number of aromatic nitrogens is 3. The van der Waals surface area contributed by atoms with E-state index in [0.29, 0.717) is 54.7 Å². The Bertz CT molecular complexity index is 1080. The van der Waals surface area contributed by atoms with Crippen LogP contribution in [0, 0.1) is 5.92 Å². The van der Waals surface area contributed by atoms with Crippen LogP contribution in [0.4, 0.5) is 8.78 Å². The average Bonchev–Trinajstić information content (AvgIpc) is 3.35. The number of rotatable bonds is 7. The third-order valence-electron chi connectivity index (χ3n) is 5.10. The minimum absolute atomic E-state index is 0.184. The first-order valence-corrected chi connectivity index (χ1v) is 9.78. The van der Waals surface area contributed by atoms with Crippen LogP contribution >= 0.6 is 0 Å². The van der Waals surface area contributed by atoms with Gasteiger partial charge in [0.15, 0.2) is 0 Å². The maximum atomic E-state index is 13.3. The van der Waals surface area contributed by atoms with Crippen molar-refractivity contribution in [3.05, 3.63) is 47.4 Å². The van der Waals surface area contributed by atoms with E-state index in [9.17, 15) is 13.6 Å². The molecule has 0 saturated carbocycles. The van der Waals surface area contributed by atoms with Gasteiger partial charge in [-0.15, -0.1) is 0 Å². The number of imidazole rings is 1. The summed E-state index contributed by atoms with van der Waals surface area (Å²) in [4.78, 5) is 20.9. The molecule has 3 aromatic heterocycles. The standard InChI is InChI=1S/C21H22F2N4O3/c1-2-30-17-9-18-26-16(8-12-6-7-29-11-12)19(27(18)10-13(17)21(24)28)14-4-3-5-15(25-14)20(22)23/h3-5,9-10,12,20H,2,6-8,11H2,1H3,(H2,24,28)/t12-/m1/s1. The van der Waals surface area contributed by atoms with E-state index in [-0.39, 0.29) is 17.2 Å². The Kier molecular flexibility index (Phi) is 5.63. The molecule has 30 heavy (non-hydrogen) atoms. The van der Waals surface area contributed by atoms with Crippen LogP contribution in [-0.2, 0) is 11.2 Å². The van der Waals surface area contributed by atoms with E-state index in [0.717, 1.165) is 6.42 Å². The number of fused-ring (bicyclic) bond motifs is 1. The molecule has 0 spiro atoms. The summed E-state index contributed by atoms with van der Waals surface area (Å²) in [6, 6.07) is 6.11. The molecule has 1 amide bonds. The highest BCUT2D eigenvalue weighted by molar-refractivity contribution is 5.96. The van der Waals surface area contributed by atoms with Gasteiger partial charge in [0, 0.05) is 25.5 Å². The minimum atomic E-state index is -2.69. The maximum absolute atomic E-state index is 13.3. The number of carbonyl (C=O) groups is 1. The highest BCUT2D eigenvalue weighted by atomic mass is 19.3. The maximum Gasteiger partial charge on any atom is 0.280 e. The molecule has 1 aliphatic rings. The summed E-state index contributed by atoms with van der Waals surface area (Å²) in [5.74, 6) is -0.0481. The first-order valence-electron chi connectivity index (χ1n) is 9.78. The number of hydrogen-bond acceptors (Lipinski definition) is 5. The topological polar surface area (TPSA) is 91.7 Å². The lowest BCUT2D eigenvalue weighted by atomic mass is 10.0. The molecule has 1 aliphatic heterocycles. The molecule has 0 aliphatic carbocycles. The average molecular weight is 416 g/mol. The van der Waals surface area contributed by atoms with Gasteiger partial charge in [0.25, 0.3) is 12.3 Å². The van der Waals surface area contributed by atoms with Gasteiger partial charge in [-0.2, -0.15) is 0 Å². The summed E-state index contributed by atoms with van der Waals surface area (Å²) in [5, 5.41) is 0. The molecular formula is C21H22F2N4O3. The predicted octanol–water partition coefficient (Wildman–Crippen LogP) is 3.41. The Morgan fingerprint density at radius 2 is 2.23 bits per heavy atom. The fourth-order valence-electron chi connectivity index (χ4n) is 3.72. The van der Waals surface area contributed by atoms with Crippen LogP contribution in [0.2, 0.25) is 0 Å². The van der Waals surface area contributed by atoms with Crippen molar-refractivity contribution in [2.24, 2.45) is 11.7 Å². The molecular weight excluding hydrogens is 394 g/mol. The van der Waals surface area contributed by atoms with Crippen LogP contribution in [-0.4, -0.2) is 40.1 Å². The smallest absolute Gasteiger partial charge is 0.280 e. The number of nitrogens with zero attached hydrogens (tertiary/aromatic N) is 3. The van der Waals surface area contributed by atoms with Gasteiger partial charge in [0.2, 0.25) is 0 Å². The number of nitrogens with two attached hydrogens (primary N) is 1. The van der Waals surface area contributed by atoms with Crippen LogP contribution in [0.3, 0.4) is 0 Å². The summed E-state index contributed by atoms with van der Waals surface area (Å²) in [7, 11) is 0. The first kappa shape index (κ1) is 20.2. The SMILES string of the molecule is CCOc1cc2nc(C[C@H]3CCOC3)c(-c3cccc(C(F)F)n3)n2cc1C(N)=O. The molecule has 1 fully saturated rings. The second-order valence-corrected chi connectivity index (χ2v) is 7.17. The van der Waals surface area contributed by atoms with Crippen molar-refractivity contribution < 1.29 is 23.0 Å². The molecule has 0 bridgehead atoms. The summed E-state index contributed by atoms with van der Waals surface area (Å²) < 4.78 is 39.2. The van der Waals surface area contributed by atoms with Gasteiger partial charge in [-0.3, -0.25) is 9.20 Å². The fourth-order valence-corrected chi connectivity index (χ4v) is 3.72. The zero-order chi connectivity index (χ0) is 21.3. The number of carbonyl (C=O) groups excluding carboxylic acids is 1. The number of hydrogen-bond donors (Lipinski definition) is 1. The van der Waals surface area contributed by atoms with E-state index < -0.39 is 12.3 Å². The summed E-state index contributed by atoms with van der Waals surface area (Å²) in [6.07, 6.45) is 0.347. The van der Waals surface area contributed by atoms with E-state index in [1.807, 2.05) is 0 Å². The van der Waals surface area contributed by atoms with E-state index in [1.54, 1.807) is 23.5 Å². The van der Waals surface area contributed by atoms with Gasteiger partial charge < -0.3 is 15.2 Å². The zero-order valence-corrected chi connectivity index (χ0v) is 16.5. The van der Waals surface area contributed by atoms with Crippen molar-refractivity contribution in [2.75, 3.05) is 19.8 Å². The molecule has 0 unspecified atom stereocenters. The summed E-state index contributed by atoms with van der Waals surface area (Å²) in [5.41, 5.74) is 7.55. The molecule has 0 radical (unpaired) electrons. The molecule has 4 heterocycles. The van der Waals surface area contributed by atoms with Crippen LogP contribution in [0.15, 0.2) is 30.5 Å². The summed E-state index contributed by atoms with van der Waals surface area (Å²) in [6.45, 7) is 3.47. The van der Waals surface area contributed by atoms with Crippen molar-refractivity contribution in [1.82, 2.24) is 14.4 Å². The highest BCUT2D eigenvalue weighted by Gasteiger charge is 2.24. The van der Waals surface area contributed by atoms with E-state index >= 15 is 0 Å². The summed E-state index contributed by atoms with van der Waals surface area (Å²) >= 11 is 0. The predicted molar refractivity (Wildman–Crippen MR) is 106 cm³/mol. The Balaban J connectivity index is 1.92. The van der Waals surface area contributed by atoms with Crippen molar-refractivity contribution in [3.8, 4) is 17.1 Å². The molecule has 1 atom stereocenters. The Hall–Kier alpha value is -3.07. The normalized spacial score (nSPS) is 16.5. The molecule has 2 N–H and O–H groups in total. The van der Waals surface area contributed by atoms with E-state index in [4.69, 9.17) is 20.2 Å². The third-order valence-corrected chi connectivity index (χ3v) is 5.10. The second-order valence-electron chi connectivity index (χ2n) is 7.17. The third kappa shape index (κ3) is 3.85. The number of halogens is 2. The highest BCUT2D eigenvalue weighted by Crippen LogP contribution is 2.32. The molecule has 7 nitrogen and oxygen atoms in total. The lowest BCUT2D eigenvalue weighted by molar-refractivity contribution is 0.0996. The van der Waals surface area contributed by atoms with Gasteiger partial charge in [0.05, 0.1) is 29.3 Å². The van der Waals surface area contributed by atoms with E-state index in [1.165, 1.54) is 18.3 Å². The van der Waals surface area contributed by atoms with Gasteiger partial charge in [-0.05, 0) is 37.8 Å². The van der Waals surface area contributed by atoms with E-state index in [2.05, 4.69) is 4.98 Å². The Morgan fingerprint density at radius 3 is 2.90 bits per heavy atom. The van der Waals surface area contributed by atoms with Gasteiger partial charge in [0.1, 0.15) is 17.1 Å². The van der Waals surface area contributed by atoms with Crippen LogP contribution in [0.25, 0.3) is 17.0 Å². The lowest BCUT2D eigenvalue weighted by Gasteiger charge is -2.11. The number of primary amides is 1. The Labute approximate surface area is 171 Å². The van der Waals surface area contributed by atoms with Crippen LogP contribution < -0.4 is 10.5 Å². The van der Waals surface area contributed by atoms with Crippen molar-refractivity contribution in [1.29, 1.82) is 0 Å². The minimum Gasteiger partial charge on any atom is -0.493 e. The van der Waals surface area contributed by atoms with Crippen LogP contribution in [0.1, 0.15) is 41.5 Å². The Morgan fingerprint density at radius 1 is 1.40 bits per heavy atom. The fraction of sp³-hybridized carbons (Fsp3) is 0.381.